The molecule has 1 nitrogen and oxygen atoms in total. The molecule has 1 N–H and O–H groups in total. The van der Waals surface area contributed by atoms with Crippen molar-refractivity contribution in [2.24, 2.45) is 11.8 Å². The zero-order valence-electron chi connectivity index (χ0n) is 10.00. The molecule has 1 fully saturated rings. The zero-order valence-corrected chi connectivity index (χ0v) is 10.00. The highest BCUT2D eigenvalue weighted by Crippen LogP contribution is 2.40. The maximum Gasteiger partial charge on any atom is 0.164 e. The average Bonchev–Trinajstić information content (AvgIpc) is 2.80. The van der Waals surface area contributed by atoms with Crippen LogP contribution in [0.25, 0.3) is 0 Å². The van der Waals surface area contributed by atoms with Crippen LogP contribution in [-0.4, -0.2) is 5.11 Å². The second kappa shape index (κ2) is 5.13. The van der Waals surface area contributed by atoms with Gasteiger partial charge in [-0.1, -0.05) is 31.9 Å². The molecule has 1 aromatic rings. The number of halogens is 2. The molecule has 17 heavy (non-hydrogen) atoms. The fraction of sp³-hybridized carbons (Fsp3) is 0.571. The molecule has 3 unspecified atom stereocenters. The van der Waals surface area contributed by atoms with Crippen molar-refractivity contribution < 1.29 is 13.9 Å². The molecule has 0 heterocycles. The highest BCUT2D eigenvalue weighted by molar-refractivity contribution is 5.22. The number of rotatable bonds is 3. The quantitative estimate of drug-likeness (QED) is 0.851. The van der Waals surface area contributed by atoms with Gasteiger partial charge in [-0.25, -0.2) is 8.78 Å². The third-order valence-corrected chi connectivity index (χ3v) is 3.91. The topological polar surface area (TPSA) is 20.2 Å². The van der Waals surface area contributed by atoms with Crippen LogP contribution in [0.5, 0.6) is 0 Å². The molecule has 1 saturated carbocycles. The zero-order chi connectivity index (χ0) is 12.4. The first kappa shape index (κ1) is 12.5. The first-order valence-electron chi connectivity index (χ1n) is 6.25. The van der Waals surface area contributed by atoms with Crippen LogP contribution in [0, 0.1) is 23.5 Å². The van der Waals surface area contributed by atoms with E-state index < -0.39 is 17.7 Å². The number of aliphatic hydroxyl groups is 1. The van der Waals surface area contributed by atoms with E-state index in [-0.39, 0.29) is 11.5 Å². The van der Waals surface area contributed by atoms with Gasteiger partial charge in [0.05, 0.1) is 6.10 Å². The average molecular weight is 240 g/mol. The molecule has 0 saturated heterocycles. The lowest BCUT2D eigenvalue weighted by Gasteiger charge is -2.19. The Morgan fingerprint density at radius 1 is 1.35 bits per heavy atom. The molecule has 0 spiro atoms. The lowest BCUT2D eigenvalue weighted by Crippen LogP contribution is -2.12. The minimum Gasteiger partial charge on any atom is -0.388 e. The summed E-state index contributed by atoms with van der Waals surface area (Å²) in [5.74, 6) is -1.10. The second-order valence-electron chi connectivity index (χ2n) is 4.94. The fourth-order valence-electron chi connectivity index (χ4n) is 2.77. The molecule has 1 aromatic carbocycles. The fourth-order valence-corrected chi connectivity index (χ4v) is 2.77. The molecule has 2 rings (SSSR count). The van der Waals surface area contributed by atoms with Crippen molar-refractivity contribution in [3.05, 3.63) is 35.4 Å². The Labute approximate surface area is 100 Å². The van der Waals surface area contributed by atoms with E-state index >= 15 is 0 Å². The molecular weight excluding hydrogens is 222 g/mol. The van der Waals surface area contributed by atoms with Gasteiger partial charge in [-0.2, -0.15) is 0 Å². The molecule has 0 bridgehead atoms. The van der Waals surface area contributed by atoms with Gasteiger partial charge in [0.1, 0.15) is 0 Å². The summed E-state index contributed by atoms with van der Waals surface area (Å²) in [5.41, 5.74) is 0.103. The molecule has 0 amide bonds. The van der Waals surface area contributed by atoms with E-state index in [2.05, 4.69) is 6.92 Å². The Kier molecular flexibility index (Phi) is 3.77. The maximum atomic E-state index is 13.5. The van der Waals surface area contributed by atoms with E-state index in [9.17, 15) is 13.9 Å². The summed E-state index contributed by atoms with van der Waals surface area (Å²) in [4.78, 5) is 0. The van der Waals surface area contributed by atoms with E-state index in [1.54, 1.807) is 0 Å². The summed E-state index contributed by atoms with van der Waals surface area (Å²) in [7, 11) is 0. The van der Waals surface area contributed by atoms with Gasteiger partial charge in [0.25, 0.3) is 0 Å². The Bertz CT molecular complexity index is 392. The predicted molar refractivity (Wildman–Crippen MR) is 62.4 cm³/mol. The van der Waals surface area contributed by atoms with E-state index in [1.807, 2.05) is 0 Å². The lowest BCUT2D eigenvalue weighted by molar-refractivity contribution is 0.104. The highest BCUT2D eigenvalue weighted by Gasteiger charge is 2.31. The Morgan fingerprint density at radius 2 is 2.12 bits per heavy atom. The van der Waals surface area contributed by atoms with Crippen molar-refractivity contribution in [2.45, 2.75) is 38.7 Å². The molecule has 3 atom stereocenters. The standard InChI is InChI=1S/C14H18F2O/c1-2-9-6-7-10(8-9)14(17)11-4-3-5-12(15)13(11)16/h3-5,9-10,14,17H,2,6-8H2,1H3. The summed E-state index contributed by atoms with van der Waals surface area (Å²) in [6, 6.07) is 4.00. The summed E-state index contributed by atoms with van der Waals surface area (Å²) >= 11 is 0. The Balaban J connectivity index is 2.15. The van der Waals surface area contributed by atoms with Crippen LogP contribution in [0.2, 0.25) is 0 Å². The summed E-state index contributed by atoms with van der Waals surface area (Å²) < 4.78 is 26.6. The number of aliphatic hydroxyl groups excluding tert-OH is 1. The number of hydrogen-bond acceptors (Lipinski definition) is 1. The van der Waals surface area contributed by atoms with Gasteiger partial charge in [-0.05, 0) is 30.7 Å². The van der Waals surface area contributed by atoms with Gasteiger partial charge in [-0.15, -0.1) is 0 Å². The molecule has 1 aliphatic carbocycles. The van der Waals surface area contributed by atoms with Gasteiger partial charge < -0.3 is 5.11 Å². The van der Waals surface area contributed by atoms with Crippen molar-refractivity contribution >= 4 is 0 Å². The summed E-state index contributed by atoms with van der Waals surface area (Å²) in [6.07, 6.45) is 3.11. The van der Waals surface area contributed by atoms with Crippen LogP contribution in [-0.2, 0) is 0 Å². The third kappa shape index (κ3) is 2.49. The molecule has 0 aromatic heterocycles. The van der Waals surface area contributed by atoms with Gasteiger partial charge >= 0.3 is 0 Å². The van der Waals surface area contributed by atoms with Crippen molar-refractivity contribution in [1.82, 2.24) is 0 Å². The second-order valence-corrected chi connectivity index (χ2v) is 4.94. The maximum absolute atomic E-state index is 13.5. The summed E-state index contributed by atoms with van der Waals surface area (Å²) in [5, 5.41) is 10.1. The van der Waals surface area contributed by atoms with E-state index in [4.69, 9.17) is 0 Å². The summed E-state index contributed by atoms with van der Waals surface area (Å²) in [6.45, 7) is 2.13. The predicted octanol–water partition coefficient (Wildman–Crippen LogP) is 3.82. The van der Waals surface area contributed by atoms with Crippen molar-refractivity contribution in [3.8, 4) is 0 Å². The first-order chi connectivity index (χ1) is 8.13. The lowest BCUT2D eigenvalue weighted by atomic mass is 9.92. The van der Waals surface area contributed by atoms with Gasteiger partial charge in [0, 0.05) is 5.56 Å². The number of benzene rings is 1. The van der Waals surface area contributed by atoms with Crippen molar-refractivity contribution in [3.63, 3.8) is 0 Å². The number of hydrogen-bond donors (Lipinski definition) is 1. The molecule has 94 valence electrons. The van der Waals surface area contributed by atoms with Gasteiger partial charge in [-0.3, -0.25) is 0 Å². The molecule has 1 aliphatic rings. The third-order valence-electron chi connectivity index (χ3n) is 3.91. The van der Waals surface area contributed by atoms with Crippen molar-refractivity contribution in [2.75, 3.05) is 0 Å². The smallest absolute Gasteiger partial charge is 0.164 e. The largest absolute Gasteiger partial charge is 0.388 e. The van der Waals surface area contributed by atoms with Crippen LogP contribution in [0.1, 0.15) is 44.3 Å². The minimum atomic E-state index is -0.903. The van der Waals surface area contributed by atoms with Crippen molar-refractivity contribution in [1.29, 1.82) is 0 Å². The first-order valence-corrected chi connectivity index (χ1v) is 6.25. The molecule has 3 heteroatoms. The van der Waals surface area contributed by atoms with Crippen LogP contribution >= 0.6 is 0 Å². The molecule has 0 aliphatic heterocycles. The highest BCUT2D eigenvalue weighted by atomic mass is 19.2. The SMILES string of the molecule is CCC1CCC(C(O)c2cccc(F)c2F)C1. The molecular formula is C14H18F2O. The van der Waals surface area contributed by atoms with E-state index in [0.717, 1.165) is 31.7 Å². The minimum absolute atomic E-state index is 0.0660. The Hall–Kier alpha value is -0.960. The van der Waals surface area contributed by atoms with Crippen LogP contribution in [0.4, 0.5) is 8.78 Å². The normalized spacial score (nSPS) is 26.1. The van der Waals surface area contributed by atoms with Crippen LogP contribution in [0.3, 0.4) is 0 Å². The molecule has 0 radical (unpaired) electrons. The van der Waals surface area contributed by atoms with Crippen LogP contribution in [0.15, 0.2) is 18.2 Å². The van der Waals surface area contributed by atoms with Gasteiger partial charge in [0.15, 0.2) is 11.6 Å². The van der Waals surface area contributed by atoms with E-state index in [0.29, 0.717) is 5.92 Å². The monoisotopic (exact) mass is 240 g/mol. The van der Waals surface area contributed by atoms with Crippen LogP contribution < -0.4 is 0 Å². The van der Waals surface area contributed by atoms with E-state index in [1.165, 1.54) is 12.1 Å². The Morgan fingerprint density at radius 3 is 2.76 bits per heavy atom. The van der Waals surface area contributed by atoms with Gasteiger partial charge in [0.2, 0.25) is 0 Å².